The summed E-state index contributed by atoms with van der Waals surface area (Å²) >= 11 is 6.71. The van der Waals surface area contributed by atoms with Crippen LogP contribution in [0, 0.1) is 6.92 Å². The van der Waals surface area contributed by atoms with Crippen LogP contribution in [0.2, 0.25) is 0 Å². The van der Waals surface area contributed by atoms with E-state index in [1.807, 2.05) is 12.1 Å². The van der Waals surface area contributed by atoms with Crippen molar-refractivity contribution in [1.29, 1.82) is 0 Å². The minimum Gasteiger partial charge on any atom is -0.493 e. The van der Waals surface area contributed by atoms with Crippen molar-refractivity contribution in [3.05, 3.63) is 65.2 Å². The number of hydrogen-bond donors (Lipinski definition) is 0. The van der Waals surface area contributed by atoms with E-state index in [4.69, 9.17) is 16.3 Å². The normalized spacial score (nSPS) is 19.4. The van der Waals surface area contributed by atoms with Crippen LogP contribution in [0.5, 0.6) is 5.75 Å². The molecule has 0 saturated carbocycles. The van der Waals surface area contributed by atoms with Crippen molar-refractivity contribution in [2.75, 3.05) is 6.61 Å². The van der Waals surface area contributed by atoms with Crippen molar-refractivity contribution in [3.8, 4) is 5.75 Å². The van der Waals surface area contributed by atoms with Gasteiger partial charge in [0.1, 0.15) is 5.75 Å². The molecule has 0 N–H and O–H groups in total. The Balaban J connectivity index is 1.92. The molecule has 19 heavy (non-hydrogen) atoms. The summed E-state index contributed by atoms with van der Waals surface area (Å²) in [6.07, 6.45) is 0.971. The summed E-state index contributed by atoms with van der Waals surface area (Å²) in [5.41, 5.74) is 3.68. The third-order valence-electron chi connectivity index (χ3n) is 3.75. The zero-order chi connectivity index (χ0) is 13.2. The van der Waals surface area contributed by atoms with E-state index < -0.39 is 0 Å². The first-order chi connectivity index (χ1) is 9.25. The fraction of sp³-hybridized carbons (Fsp3) is 0.294. The Kier molecular flexibility index (Phi) is 3.48. The molecular weight excluding hydrogens is 256 g/mol. The van der Waals surface area contributed by atoms with Crippen LogP contribution in [0.1, 0.15) is 34.4 Å². The highest BCUT2D eigenvalue weighted by Gasteiger charge is 2.28. The molecule has 1 nitrogen and oxygen atoms in total. The summed E-state index contributed by atoms with van der Waals surface area (Å²) in [7, 11) is 0. The molecule has 2 unspecified atom stereocenters. The Hall–Kier alpha value is -1.47. The highest BCUT2D eigenvalue weighted by atomic mass is 35.5. The molecule has 0 aromatic heterocycles. The summed E-state index contributed by atoms with van der Waals surface area (Å²) < 4.78 is 5.70. The van der Waals surface area contributed by atoms with Gasteiger partial charge < -0.3 is 4.74 Å². The van der Waals surface area contributed by atoms with Crippen molar-refractivity contribution in [3.63, 3.8) is 0 Å². The molecule has 0 radical (unpaired) electrons. The number of rotatable bonds is 2. The second kappa shape index (κ2) is 5.26. The van der Waals surface area contributed by atoms with E-state index in [2.05, 4.69) is 43.3 Å². The van der Waals surface area contributed by atoms with Gasteiger partial charge in [0.05, 0.1) is 12.0 Å². The van der Waals surface area contributed by atoms with Crippen LogP contribution in [-0.2, 0) is 0 Å². The number of hydrogen-bond acceptors (Lipinski definition) is 1. The van der Waals surface area contributed by atoms with E-state index in [0.717, 1.165) is 18.8 Å². The average molecular weight is 273 g/mol. The molecule has 2 heteroatoms. The van der Waals surface area contributed by atoms with Gasteiger partial charge in [-0.3, -0.25) is 0 Å². The standard InChI is InChI=1S/C17H17ClO/c1-12-6-8-13(9-7-12)17(18)15-10-11-19-16-5-3-2-4-14(15)16/h2-9,15,17H,10-11H2,1H3. The van der Waals surface area contributed by atoms with Crippen molar-refractivity contribution in [2.45, 2.75) is 24.6 Å². The van der Waals surface area contributed by atoms with Gasteiger partial charge in [-0.15, -0.1) is 11.6 Å². The molecule has 2 aromatic carbocycles. The smallest absolute Gasteiger partial charge is 0.122 e. The molecule has 0 aliphatic carbocycles. The van der Waals surface area contributed by atoms with Crippen molar-refractivity contribution < 1.29 is 4.74 Å². The van der Waals surface area contributed by atoms with E-state index in [1.165, 1.54) is 16.7 Å². The summed E-state index contributed by atoms with van der Waals surface area (Å²) in [6, 6.07) is 16.7. The largest absolute Gasteiger partial charge is 0.493 e. The zero-order valence-corrected chi connectivity index (χ0v) is 11.7. The lowest BCUT2D eigenvalue weighted by atomic mass is 9.87. The molecule has 0 spiro atoms. The number of aryl methyl sites for hydroxylation is 1. The van der Waals surface area contributed by atoms with Crippen LogP contribution < -0.4 is 4.74 Å². The Morgan fingerprint density at radius 3 is 2.63 bits per heavy atom. The van der Waals surface area contributed by atoms with Gasteiger partial charge in [-0.05, 0) is 30.5 Å². The van der Waals surface area contributed by atoms with Gasteiger partial charge in [-0.25, -0.2) is 0 Å². The Bertz CT molecular complexity index is 562. The van der Waals surface area contributed by atoms with Crippen LogP contribution in [-0.4, -0.2) is 6.61 Å². The van der Waals surface area contributed by atoms with Crippen LogP contribution in [0.15, 0.2) is 48.5 Å². The van der Waals surface area contributed by atoms with Gasteiger partial charge >= 0.3 is 0 Å². The maximum absolute atomic E-state index is 6.71. The van der Waals surface area contributed by atoms with Crippen LogP contribution in [0.3, 0.4) is 0 Å². The predicted molar refractivity (Wildman–Crippen MR) is 79.1 cm³/mol. The van der Waals surface area contributed by atoms with Gasteiger partial charge in [0.2, 0.25) is 0 Å². The monoisotopic (exact) mass is 272 g/mol. The second-order valence-corrected chi connectivity index (χ2v) is 5.56. The second-order valence-electron chi connectivity index (χ2n) is 5.09. The maximum atomic E-state index is 6.71. The molecule has 1 heterocycles. The van der Waals surface area contributed by atoms with Crippen LogP contribution in [0.4, 0.5) is 0 Å². The van der Waals surface area contributed by atoms with Gasteiger partial charge in [-0.1, -0.05) is 48.0 Å². The van der Waals surface area contributed by atoms with E-state index in [9.17, 15) is 0 Å². The number of ether oxygens (including phenoxy) is 1. The third kappa shape index (κ3) is 2.48. The highest BCUT2D eigenvalue weighted by molar-refractivity contribution is 6.21. The zero-order valence-electron chi connectivity index (χ0n) is 11.0. The molecule has 3 rings (SSSR count). The Morgan fingerprint density at radius 2 is 1.84 bits per heavy atom. The molecule has 0 bridgehead atoms. The molecule has 0 amide bonds. The minimum absolute atomic E-state index is 0.00523. The summed E-state index contributed by atoms with van der Waals surface area (Å²) in [5.74, 6) is 1.31. The molecule has 0 fully saturated rings. The topological polar surface area (TPSA) is 9.23 Å². The van der Waals surface area contributed by atoms with Gasteiger partial charge in [0.15, 0.2) is 0 Å². The number of fused-ring (bicyclic) bond motifs is 1. The lowest BCUT2D eigenvalue weighted by molar-refractivity contribution is 0.265. The predicted octanol–water partition coefficient (Wildman–Crippen LogP) is 4.84. The van der Waals surface area contributed by atoms with E-state index in [0.29, 0.717) is 5.92 Å². The summed E-state index contributed by atoms with van der Waals surface area (Å²) in [4.78, 5) is 0. The molecule has 1 aliphatic heterocycles. The molecular formula is C17H17ClO. The first kappa shape index (κ1) is 12.6. The summed E-state index contributed by atoms with van der Waals surface area (Å²) in [6.45, 7) is 2.84. The van der Waals surface area contributed by atoms with Crippen LogP contribution in [0.25, 0.3) is 0 Å². The van der Waals surface area contributed by atoms with Crippen molar-refractivity contribution in [2.24, 2.45) is 0 Å². The third-order valence-corrected chi connectivity index (χ3v) is 4.31. The molecule has 2 aromatic rings. The van der Waals surface area contributed by atoms with Crippen LogP contribution >= 0.6 is 11.6 Å². The fourth-order valence-electron chi connectivity index (χ4n) is 2.66. The number of benzene rings is 2. The SMILES string of the molecule is Cc1ccc(C(Cl)C2CCOc3ccccc32)cc1. The number of halogens is 1. The molecule has 2 atom stereocenters. The first-order valence-corrected chi connectivity index (χ1v) is 7.12. The van der Waals surface area contributed by atoms with E-state index in [-0.39, 0.29) is 5.38 Å². The quantitative estimate of drug-likeness (QED) is 0.711. The number of para-hydroxylation sites is 1. The first-order valence-electron chi connectivity index (χ1n) is 6.68. The lowest BCUT2D eigenvalue weighted by Crippen LogP contribution is -2.17. The highest BCUT2D eigenvalue weighted by Crippen LogP contribution is 2.44. The van der Waals surface area contributed by atoms with E-state index >= 15 is 0 Å². The average Bonchev–Trinajstić information content (AvgIpc) is 2.47. The van der Waals surface area contributed by atoms with Gasteiger partial charge in [0, 0.05) is 5.92 Å². The number of alkyl halides is 1. The van der Waals surface area contributed by atoms with Gasteiger partial charge in [-0.2, -0.15) is 0 Å². The summed E-state index contributed by atoms with van der Waals surface area (Å²) in [5, 5.41) is 0.00523. The minimum atomic E-state index is 0.00523. The van der Waals surface area contributed by atoms with Crippen molar-refractivity contribution >= 4 is 11.6 Å². The van der Waals surface area contributed by atoms with Crippen molar-refractivity contribution in [1.82, 2.24) is 0 Å². The Morgan fingerprint density at radius 1 is 1.11 bits per heavy atom. The molecule has 98 valence electrons. The molecule has 0 saturated heterocycles. The fourth-order valence-corrected chi connectivity index (χ4v) is 3.06. The Labute approximate surface area is 119 Å². The van der Waals surface area contributed by atoms with Gasteiger partial charge in [0.25, 0.3) is 0 Å². The maximum Gasteiger partial charge on any atom is 0.122 e. The molecule has 1 aliphatic rings. The lowest BCUT2D eigenvalue weighted by Gasteiger charge is -2.29. The van der Waals surface area contributed by atoms with E-state index in [1.54, 1.807) is 0 Å².